The van der Waals surface area contributed by atoms with Crippen LogP contribution in [-0.2, 0) is 6.54 Å². The summed E-state index contributed by atoms with van der Waals surface area (Å²) < 4.78 is 16.9. The molecule has 108 valence electrons. The number of nitrogens with zero attached hydrogens (tertiary/aromatic N) is 1. The summed E-state index contributed by atoms with van der Waals surface area (Å²) >= 11 is 0. The second-order valence-corrected chi connectivity index (χ2v) is 5.36. The molecule has 21 heavy (non-hydrogen) atoms. The maximum absolute atomic E-state index is 12.4. The molecule has 0 bridgehead atoms. The Hall–Kier alpha value is -2.20. The lowest BCUT2D eigenvalue weighted by Crippen LogP contribution is -2.31. The number of carbonyl (C=O) groups is 1. The van der Waals surface area contributed by atoms with Crippen molar-refractivity contribution < 1.29 is 13.9 Å². The molecule has 3 rings (SSSR count). The van der Waals surface area contributed by atoms with E-state index < -0.39 is 6.22 Å². The molecule has 1 unspecified atom stereocenters. The molecule has 0 saturated heterocycles. The van der Waals surface area contributed by atoms with Crippen molar-refractivity contribution in [3.05, 3.63) is 65.2 Å². The third kappa shape index (κ3) is 2.95. The first kappa shape index (κ1) is 13.8. The number of benzene rings is 2. The highest BCUT2D eigenvalue weighted by Crippen LogP contribution is 2.34. The minimum atomic E-state index is -1.78. The zero-order chi connectivity index (χ0) is 14.8. The molecule has 2 aromatic carbocycles. The first-order chi connectivity index (χ1) is 10.1. The van der Waals surface area contributed by atoms with E-state index in [1.807, 2.05) is 31.3 Å². The molecule has 1 aliphatic heterocycles. The average Bonchev–Trinajstić information content (AvgIpc) is 2.46. The lowest BCUT2D eigenvalue weighted by Gasteiger charge is -2.32. The van der Waals surface area contributed by atoms with E-state index in [0.29, 0.717) is 0 Å². The van der Waals surface area contributed by atoms with Gasteiger partial charge < -0.3 is 9.64 Å². The predicted molar refractivity (Wildman–Crippen MR) is 78.2 cm³/mol. The zero-order valence-corrected chi connectivity index (χ0v) is 11.8. The van der Waals surface area contributed by atoms with E-state index >= 15 is 0 Å². The molecular formula is C17H16FNO2. The second-order valence-electron chi connectivity index (χ2n) is 5.36. The summed E-state index contributed by atoms with van der Waals surface area (Å²) in [6.07, 6.45) is -1.78. The van der Waals surface area contributed by atoms with Crippen LogP contribution in [0.2, 0.25) is 0 Å². The maximum Gasteiger partial charge on any atom is 0.500 e. The lowest BCUT2D eigenvalue weighted by molar-refractivity contribution is 0.175. The standard InChI is InChI=1S/C17H16FNO2/c1-19-10-13-9-14(21-17(18)20)7-8-15(13)16(11-19)12-5-3-2-4-6-12/h2-9,16H,10-11H2,1H3. The molecule has 0 aromatic heterocycles. The maximum atomic E-state index is 12.4. The van der Waals surface area contributed by atoms with Gasteiger partial charge in [-0.1, -0.05) is 36.4 Å². The topological polar surface area (TPSA) is 29.5 Å². The first-order valence-electron chi connectivity index (χ1n) is 6.87. The van der Waals surface area contributed by atoms with Gasteiger partial charge in [-0.05, 0) is 35.9 Å². The first-order valence-corrected chi connectivity index (χ1v) is 6.87. The van der Waals surface area contributed by atoms with Gasteiger partial charge in [-0.3, -0.25) is 0 Å². The molecular weight excluding hydrogens is 269 g/mol. The SMILES string of the molecule is CN1Cc2cc(OC(=O)F)ccc2C(c2ccccc2)C1. The number of fused-ring (bicyclic) bond motifs is 1. The molecule has 0 N–H and O–H groups in total. The number of hydrogen-bond donors (Lipinski definition) is 0. The van der Waals surface area contributed by atoms with Gasteiger partial charge in [0.2, 0.25) is 0 Å². The second kappa shape index (κ2) is 5.66. The van der Waals surface area contributed by atoms with Crippen LogP contribution in [0, 0.1) is 0 Å². The third-order valence-electron chi connectivity index (χ3n) is 3.82. The molecule has 0 fully saturated rings. The van der Waals surface area contributed by atoms with E-state index in [4.69, 9.17) is 0 Å². The summed E-state index contributed by atoms with van der Waals surface area (Å²) in [5.41, 5.74) is 3.52. The molecule has 0 amide bonds. The Labute approximate surface area is 123 Å². The van der Waals surface area contributed by atoms with Crippen molar-refractivity contribution in [1.29, 1.82) is 0 Å². The largest absolute Gasteiger partial charge is 0.500 e. The van der Waals surface area contributed by atoms with Crippen molar-refractivity contribution in [1.82, 2.24) is 4.90 Å². The Morgan fingerprint density at radius 3 is 2.71 bits per heavy atom. The van der Waals surface area contributed by atoms with Crippen LogP contribution in [0.4, 0.5) is 9.18 Å². The fraction of sp³-hybridized carbons (Fsp3) is 0.235. The summed E-state index contributed by atoms with van der Waals surface area (Å²) in [6, 6.07) is 15.6. The average molecular weight is 285 g/mol. The van der Waals surface area contributed by atoms with Crippen LogP contribution in [0.15, 0.2) is 48.5 Å². The Bertz CT molecular complexity index is 657. The molecule has 4 heteroatoms. The third-order valence-corrected chi connectivity index (χ3v) is 3.82. The van der Waals surface area contributed by atoms with Gasteiger partial charge in [-0.15, -0.1) is 4.39 Å². The van der Waals surface area contributed by atoms with Gasteiger partial charge >= 0.3 is 6.22 Å². The minimum absolute atomic E-state index is 0.253. The van der Waals surface area contributed by atoms with Crippen LogP contribution in [-0.4, -0.2) is 24.7 Å². The van der Waals surface area contributed by atoms with Crippen molar-refractivity contribution in [2.45, 2.75) is 12.5 Å². The van der Waals surface area contributed by atoms with E-state index in [1.54, 1.807) is 12.1 Å². The fourth-order valence-electron chi connectivity index (χ4n) is 2.95. The van der Waals surface area contributed by atoms with Gasteiger partial charge in [0.1, 0.15) is 5.75 Å². The van der Waals surface area contributed by atoms with Crippen molar-refractivity contribution in [2.24, 2.45) is 0 Å². The molecule has 0 spiro atoms. The molecule has 0 radical (unpaired) electrons. The van der Waals surface area contributed by atoms with Crippen LogP contribution >= 0.6 is 0 Å². The summed E-state index contributed by atoms with van der Waals surface area (Å²) in [5, 5.41) is 0. The van der Waals surface area contributed by atoms with E-state index in [9.17, 15) is 9.18 Å². The molecule has 1 atom stereocenters. The molecule has 0 saturated carbocycles. The highest BCUT2D eigenvalue weighted by atomic mass is 19.1. The van der Waals surface area contributed by atoms with Crippen LogP contribution in [0.25, 0.3) is 0 Å². The predicted octanol–water partition coefficient (Wildman–Crippen LogP) is 3.73. The van der Waals surface area contributed by atoms with Crippen molar-refractivity contribution >= 4 is 6.22 Å². The minimum Gasteiger partial charge on any atom is -0.401 e. The molecule has 3 nitrogen and oxygen atoms in total. The molecule has 2 aromatic rings. The number of carbonyl (C=O) groups excluding carboxylic acids is 1. The number of likely N-dealkylation sites (N-methyl/N-ethyl adjacent to an activating group) is 1. The summed E-state index contributed by atoms with van der Waals surface area (Å²) in [7, 11) is 2.05. The van der Waals surface area contributed by atoms with Crippen LogP contribution < -0.4 is 4.74 Å². The van der Waals surface area contributed by atoms with E-state index in [1.165, 1.54) is 11.1 Å². The summed E-state index contributed by atoms with van der Waals surface area (Å²) in [6.45, 7) is 1.69. The normalized spacial score (nSPS) is 18.1. The number of rotatable bonds is 2. The summed E-state index contributed by atoms with van der Waals surface area (Å²) in [4.78, 5) is 12.6. The highest BCUT2D eigenvalue weighted by molar-refractivity contribution is 5.62. The zero-order valence-electron chi connectivity index (χ0n) is 11.8. The fourth-order valence-corrected chi connectivity index (χ4v) is 2.95. The number of halogens is 1. The quantitative estimate of drug-likeness (QED) is 0.787. The van der Waals surface area contributed by atoms with Crippen LogP contribution in [0.1, 0.15) is 22.6 Å². The lowest BCUT2D eigenvalue weighted by atomic mass is 9.85. The van der Waals surface area contributed by atoms with Crippen LogP contribution in [0.3, 0.4) is 0 Å². The van der Waals surface area contributed by atoms with Gasteiger partial charge in [0.15, 0.2) is 0 Å². The van der Waals surface area contributed by atoms with E-state index in [2.05, 4.69) is 21.8 Å². The Morgan fingerprint density at radius 2 is 2.00 bits per heavy atom. The Morgan fingerprint density at radius 1 is 1.24 bits per heavy atom. The molecule has 1 aliphatic rings. The number of ether oxygens (including phenoxy) is 1. The van der Waals surface area contributed by atoms with Gasteiger partial charge in [0.25, 0.3) is 0 Å². The van der Waals surface area contributed by atoms with Gasteiger partial charge in [0.05, 0.1) is 0 Å². The van der Waals surface area contributed by atoms with Crippen molar-refractivity contribution in [2.75, 3.05) is 13.6 Å². The Kier molecular flexibility index (Phi) is 3.71. The highest BCUT2D eigenvalue weighted by Gasteiger charge is 2.25. The smallest absolute Gasteiger partial charge is 0.401 e. The monoisotopic (exact) mass is 285 g/mol. The van der Waals surface area contributed by atoms with Gasteiger partial charge in [-0.2, -0.15) is 0 Å². The summed E-state index contributed by atoms with van der Waals surface area (Å²) in [5.74, 6) is 0.526. The molecule has 0 aliphatic carbocycles. The van der Waals surface area contributed by atoms with Crippen molar-refractivity contribution in [3.8, 4) is 5.75 Å². The molecule has 1 heterocycles. The van der Waals surface area contributed by atoms with Crippen molar-refractivity contribution in [3.63, 3.8) is 0 Å². The number of hydrogen-bond acceptors (Lipinski definition) is 3. The Balaban J connectivity index is 1.99. The van der Waals surface area contributed by atoms with Gasteiger partial charge in [0, 0.05) is 19.0 Å². The van der Waals surface area contributed by atoms with E-state index in [0.717, 1.165) is 18.7 Å². The van der Waals surface area contributed by atoms with Gasteiger partial charge in [-0.25, -0.2) is 4.79 Å². The van der Waals surface area contributed by atoms with E-state index in [-0.39, 0.29) is 11.7 Å². The van der Waals surface area contributed by atoms with Crippen LogP contribution in [0.5, 0.6) is 5.75 Å².